The largest absolute Gasteiger partial charge is 0.310 e. The summed E-state index contributed by atoms with van der Waals surface area (Å²) in [6.45, 7) is 0. The minimum absolute atomic E-state index is 1.11. The zero-order valence-corrected chi connectivity index (χ0v) is 28.2. The van der Waals surface area contributed by atoms with Crippen LogP contribution in [0, 0.1) is 0 Å². The predicted molar refractivity (Wildman–Crippen MR) is 218 cm³/mol. The van der Waals surface area contributed by atoms with E-state index >= 15 is 0 Å². The van der Waals surface area contributed by atoms with Crippen molar-refractivity contribution in [2.24, 2.45) is 0 Å². The van der Waals surface area contributed by atoms with Crippen LogP contribution in [0.2, 0.25) is 0 Å². The molecule has 0 aliphatic heterocycles. The van der Waals surface area contributed by atoms with Gasteiger partial charge < -0.3 is 4.90 Å². The molecule has 0 N–H and O–H groups in total. The topological polar surface area (TPSA) is 3.24 Å². The first-order valence-electron chi connectivity index (χ1n) is 17.5. The van der Waals surface area contributed by atoms with Crippen molar-refractivity contribution in [3.05, 3.63) is 212 Å². The Labute approximate surface area is 299 Å². The van der Waals surface area contributed by atoms with Crippen molar-refractivity contribution in [1.82, 2.24) is 0 Å². The molecule has 9 aromatic carbocycles. The van der Waals surface area contributed by atoms with Crippen LogP contribution in [0.4, 0.5) is 17.1 Å². The van der Waals surface area contributed by atoms with Crippen molar-refractivity contribution >= 4 is 38.6 Å². The van der Waals surface area contributed by atoms with Gasteiger partial charge in [-0.3, -0.25) is 0 Å². The van der Waals surface area contributed by atoms with Crippen LogP contribution in [0.5, 0.6) is 0 Å². The highest BCUT2D eigenvalue weighted by Crippen LogP contribution is 2.40. The van der Waals surface area contributed by atoms with E-state index in [1.165, 1.54) is 66.1 Å². The van der Waals surface area contributed by atoms with Crippen LogP contribution in [-0.4, -0.2) is 0 Å². The Morgan fingerprint density at radius 2 is 0.686 bits per heavy atom. The highest BCUT2D eigenvalue weighted by atomic mass is 15.1. The van der Waals surface area contributed by atoms with Crippen LogP contribution < -0.4 is 4.90 Å². The molecule has 0 bridgehead atoms. The zero-order valence-electron chi connectivity index (χ0n) is 28.2. The summed E-state index contributed by atoms with van der Waals surface area (Å²) in [6.07, 6.45) is 0. The molecule has 0 aliphatic rings. The van der Waals surface area contributed by atoms with E-state index in [1.807, 2.05) is 0 Å². The molecule has 0 radical (unpaired) electrons. The van der Waals surface area contributed by atoms with E-state index in [0.29, 0.717) is 0 Å². The zero-order chi connectivity index (χ0) is 34.0. The average Bonchev–Trinajstić information content (AvgIpc) is 3.22. The molecule has 0 fully saturated rings. The van der Waals surface area contributed by atoms with Gasteiger partial charge in [-0.25, -0.2) is 0 Å². The Balaban J connectivity index is 1.13. The molecule has 0 aliphatic carbocycles. The molecule has 0 saturated heterocycles. The number of anilines is 3. The second-order valence-electron chi connectivity index (χ2n) is 13.0. The fraction of sp³-hybridized carbons (Fsp3) is 0. The molecule has 0 atom stereocenters. The Morgan fingerprint density at radius 1 is 0.235 bits per heavy atom. The number of hydrogen-bond donors (Lipinski definition) is 0. The van der Waals surface area contributed by atoms with E-state index < -0.39 is 0 Å². The highest BCUT2D eigenvalue weighted by Gasteiger charge is 2.16. The molecule has 0 amide bonds. The summed E-state index contributed by atoms with van der Waals surface area (Å²) < 4.78 is 0. The van der Waals surface area contributed by atoms with Crippen molar-refractivity contribution in [2.75, 3.05) is 4.90 Å². The SMILES string of the molecule is c1ccc(-c2ccc(N(c3ccc(-c4ccc(-c5ccccc5)c(-c5ccccc5)c4)cc3)c3ccc4c(ccc5ccccc54)c3)cc2)cc1. The van der Waals surface area contributed by atoms with Gasteiger partial charge in [0.25, 0.3) is 0 Å². The van der Waals surface area contributed by atoms with Crippen LogP contribution in [0.1, 0.15) is 0 Å². The van der Waals surface area contributed by atoms with Gasteiger partial charge in [-0.2, -0.15) is 0 Å². The van der Waals surface area contributed by atoms with Gasteiger partial charge in [-0.1, -0.05) is 170 Å². The van der Waals surface area contributed by atoms with E-state index in [9.17, 15) is 0 Å². The van der Waals surface area contributed by atoms with E-state index in [2.05, 4.69) is 217 Å². The minimum atomic E-state index is 1.11. The molecule has 9 aromatic rings. The molecule has 0 heterocycles. The first kappa shape index (κ1) is 30.4. The molecule has 1 nitrogen and oxygen atoms in total. The first-order valence-corrected chi connectivity index (χ1v) is 17.5. The smallest absolute Gasteiger partial charge is 0.0468 e. The van der Waals surface area contributed by atoms with Crippen LogP contribution in [0.3, 0.4) is 0 Å². The summed E-state index contributed by atoms with van der Waals surface area (Å²) in [5.74, 6) is 0. The van der Waals surface area contributed by atoms with Crippen LogP contribution in [-0.2, 0) is 0 Å². The summed E-state index contributed by atoms with van der Waals surface area (Å²) >= 11 is 0. The fourth-order valence-corrected chi connectivity index (χ4v) is 7.27. The normalized spacial score (nSPS) is 11.1. The van der Waals surface area contributed by atoms with Gasteiger partial charge in [0.1, 0.15) is 0 Å². The third kappa shape index (κ3) is 5.96. The van der Waals surface area contributed by atoms with Gasteiger partial charge in [0.05, 0.1) is 0 Å². The van der Waals surface area contributed by atoms with Crippen molar-refractivity contribution in [3.8, 4) is 44.5 Å². The second kappa shape index (κ2) is 13.3. The quantitative estimate of drug-likeness (QED) is 0.155. The molecule has 0 aromatic heterocycles. The van der Waals surface area contributed by atoms with E-state index in [-0.39, 0.29) is 0 Å². The van der Waals surface area contributed by atoms with Crippen molar-refractivity contribution in [2.45, 2.75) is 0 Å². The molecule has 9 rings (SSSR count). The third-order valence-electron chi connectivity index (χ3n) is 9.87. The molecule has 1 heteroatoms. The molecule has 0 unspecified atom stereocenters. The summed E-state index contributed by atoms with van der Waals surface area (Å²) in [7, 11) is 0. The van der Waals surface area contributed by atoms with Crippen molar-refractivity contribution < 1.29 is 0 Å². The van der Waals surface area contributed by atoms with E-state index in [4.69, 9.17) is 0 Å². The number of nitrogens with zero attached hydrogens (tertiary/aromatic N) is 1. The maximum atomic E-state index is 2.36. The highest BCUT2D eigenvalue weighted by molar-refractivity contribution is 6.08. The van der Waals surface area contributed by atoms with Gasteiger partial charge in [0.2, 0.25) is 0 Å². The maximum Gasteiger partial charge on any atom is 0.0468 e. The summed E-state index contributed by atoms with van der Waals surface area (Å²) in [4.78, 5) is 2.36. The predicted octanol–water partition coefficient (Wildman–Crippen LogP) is 14.1. The Morgan fingerprint density at radius 3 is 1.33 bits per heavy atom. The number of benzene rings is 9. The average molecular weight is 650 g/mol. The fourth-order valence-electron chi connectivity index (χ4n) is 7.27. The van der Waals surface area contributed by atoms with E-state index in [1.54, 1.807) is 0 Å². The third-order valence-corrected chi connectivity index (χ3v) is 9.87. The van der Waals surface area contributed by atoms with Gasteiger partial charge >= 0.3 is 0 Å². The summed E-state index contributed by atoms with van der Waals surface area (Å²) in [6, 6.07) is 76.6. The number of rotatable bonds is 7. The van der Waals surface area contributed by atoms with Gasteiger partial charge in [-0.15, -0.1) is 0 Å². The van der Waals surface area contributed by atoms with Crippen LogP contribution >= 0.6 is 0 Å². The summed E-state index contributed by atoms with van der Waals surface area (Å²) in [5.41, 5.74) is 13.0. The monoisotopic (exact) mass is 649 g/mol. The lowest BCUT2D eigenvalue weighted by Crippen LogP contribution is -2.09. The number of hydrogen-bond acceptors (Lipinski definition) is 1. The lowest BCUT2D eigenvalue weighted by molar-refractivity contribution is 1.29. The standard InChI is InChI=1S/C50H35N/c1-4-12-36(13-5-1)37-22-27-44(28-23-37)51(46-31-33-49-43(34-46)21-20-41-18-10-11-19-47(41)49)45-29-24-38(25-30-45)42-26-32-48(39-14-6-2-7-15-39)50(35-42)40-16-8-3-9-17-40/h1-35H. The molecule has 51 heavy (non-hydrogen) atoms. The Kier molecular flexibility index (Phi) is 7.92. The Bertz CT molecular complexity index is 2590. The molecule has 240 valence electrons. The molecular weight excluding hydrogens is 615 g/mol. The lowest BCUT2D eigenvalue weighted by atomic mass is 9.91. The second-order valence-corrected chi connectivity index (χ2v) is 13.0. The minimum Gasteiger partial charge on any atom is -0.310 e. The van der Waals surface area contributed by atoms with Gasteiger partial charge in [-0.05, 0) is 109 Å². The van der Waals surface area contributed by atoms with Gasteiger partial charge in [0, 0.05) is 17.1 Å². The lowest BCUT2D eigenvalue weighted by Gasteiger charge is -2.26. The maximum absolute atomic E-state index is 2.36. The van der Waals surface area contributed by atoms with Crippen LogP contribution in [0.15, 0.2) is 212 Å². The van der Waals surface area contributed by atoms with E-state index in [0.717, 1.165) is 17.1 Å². The molecular formula is C50H35N. The first-order chi connectivity index (χ1) is 25.3. The summed E-state index contributed by atoms with van der Waals surface area (Å²) in [5, 5.41) is 5.02. The van der Waals surface area contributed by atoms with Crippen molar-refractivity contribution in [3.63, 3.8) is 0 Å². The Hall–Kier alpha value is -6.70. The number of fused-ring (bicyclic) bond motifs is 3. The molecule has 0 saturated carbocycles. The van der Waals surface area contributed by atoms with Crippen LogP contribution in [0.25, 0.3) is 66.1 Å². The van der Waals surface area contributed by atoms with Gasteiger partial charge in [0.15, 0.2) is 0 Å². The van der Waals surface area contributed by atoms with Crippen molar-refractivity contribution in [1.29, 1.82) is 0 Å². The molecule has 0 spiro atoms.